The Labute approximate surface area is 134 Å². The van der Waals surface area contributed by atoms with Gasteiger partial charge in [-0.2, -0.15) is 5.10 Å². The summed E-state index contributed by atoms with van der Waals surface area (Å²) in [4.78, 5) is 12.5. The van der Waals surface area contributed by atoms with Crippen molar-refractivity contribution in [2.24, 2.45) is 7.05 Å². The predicted octanol–water partition coefficient (Wildman–Crippen LogP) is 4.24. The smallest absolute Gasteiger partial charge is 0.276 e. The molecule has 0 saturated heterocycles. The van der Waals surface area contributed by atoms with Crippen LogP contribution in [0.2, 0.25) is 5.02 Å². The van der Waals surface area contributed by atoms with Crippen LogP contribution in [0.3, 0.4) is 0 Å². The number of para-hydroxylation sites is 1. The van der Waals surface area contributed by atoms with E-state index < -0.39 is 0 Å². The molecule has 0 aliphatic carbocycles. The van der Waals surface area contributed by atoms with E-state index in [9.17, 15) is 4.79 Å². The Morgan fingerprint density at radius 3 is 2.81 bits per heavy atom. The number of carbonyl (C=O) groups is 1. The average molecular weight is 365 g/mol. The number of aryl methyl sites for hydroxylation is 1. The van der Waals surface area contributed by atoms with Crippen molar-refractivity contribution in [1.82, 2.24) is 9.78 Å². The van der Waals surface area contributed by atoms with E-state index in [4.69, 9.17) is 11.6 Å². The third-order valence-corrected chi connectivity index (χ3v) is 4.57. The quantitative estimate of drug-likeness (QED) is 0.739. The number of halogens is 2. The molecule has 106 valence electrons. The van der Waals surface area contributed by atoms with Crippen molar-refractivity contribution in [3.63, 3.8) is 0 Å². The summed E-state index contributed by atoms with van der Waals surface area (Å²) in [6.07, 6.45) is 0. The van der Waals surface area contributed by atoms with Gasteiger partial charge in [0.2, 0.25) is 0 Å². The molecule has 0 saturated carbocycles. The van der Waals surface area contributed by atoms with Crippen LogP contribution in [0.1, 0.15) is 10.5 Å². The Balaban J connectivity index is 2.00. The maximum Gasteiger partial charge on any atom is 0.276 e. The second-order valence-corrected chi connectivity index (χ2v) is 5.75. The topological polar surface area (TPSA) is 46.9 Å². The highest BCUT2D eigenvalue weighted by atomic mass is 79.9. The maximum absolute atomic E-state index is 12.5. The number of nitrogens with zero attached hydrogens (tertiary/aromatic N) is 2. The third-order valence-electron chi connectivity index (χ3n) is 3.17. The Hall–Kier alpha value is -1.85. The van der Waals surface area contributed by atoms with Crippen molar-refractivity contribution in [3.8, 4) is 0 Å². The van der Waals surface area contributed by atoms with Gasteiger partial charge in [0.05, 0.1) is 20.7 Å². The molecule has 0 spiro atoms. The van der Waals surface area contributed by atoms with Crippen LogP contribution in [0.5, 0.6) is 0 Å². The summed E-state index contributed by atoms with van der Waals surface area (Å²) in [5.74, 6) is -0.269. The zero-order valence-corrected chi connectivity index (χ0v) is 13.4. The molecule has 1 N–H and O–H groups in total. The molecule has 3 aromatic rings. The number of hydrogen-bond acceptors (Lipinski definition) is 2. The van der Waals surface area contributed by atoms with Gasteiger partial charge in [-0.3, -0.25) is 9.48 Å². The summed E-state index contributed by atoms with van der Waals surface area (Å²) < 4.78 is 2.34. The van der Waals surface area contributed by atoms with Crippen LogP contribution in [0, 0.1) is 0 Å². The van der Waals surface area contributed by atoms with E-state index in [1.54, 1.807) is 22.9 Å². The van der Waals surface area contributed by atoms with Crippen molar-refractivity contribution in [2.45, 2.75) is 0 Å². The molecular formula is C15H11BrClN3O. The molecule has 6 heteroatoms. The highest BCUT2D eigenvalue weighted by Crippen LogP contribution is 2.30. The average Bonchev–Trinajstić information content (AvgIpc) is 2.82. The molecule has 0 aliphatic heterocycles. The number of aromatic nitrogens is 2. The van der Waals surface area contributed by atoms with Gasteiger partial charge in [0.1, 0.15) is 0 Å². The fourth-order valence-corrected chi connectivity index (χ4v) is 2.70. The number of rotatable bonds is 2. The highest BCUT2D eigenvalue weighted by molar-refractivity contribution is 9.10. The number of anilines is 1. The van der Waals surface area contributed by atoms with Crippen LogP contribution in [-0.4, -0.2) is 15.7 Å². The molecule has 0 bridgehead atoms. The van der Waals surface area contributed by atoms with Crippen molar-refractivity contribution >= 4 is 50.0 Å². The van der Waals surface area contributed by atoms with Gasteiger partial charge in [0.15, 0.2) is 5.69 Å². The van der Waals surface area contributed by atoms with Crippen LogP contribution in [0.25, 0.3) is 10.9 Å². The Kier molecular flexibility index (Phi) is 3.69. The molecule has 1 aromatic heterocycles. The van der Waals surface area contributed by atoms with Crippen LogP contribution in [0.15, 0.2) is 46.9 Å². The van der Waals surface area contributed by atoms with Crippen LogP contribution in [-0.2, 0) is 7.05 Å². The lowest BCUT2D eigenvalue weighted by atomic mass is 10.2. The summed E-state index contributed by atoms with van der Waals surface area (Å²) in [7, 11) is 1.81. The Morgan fingerprint density at radius 2 is 2.00 bits per heavy atom. The zero-order valence-electron chi connectivity index (χ0n) is 11.1. The molecule has 0 fully saturated rings. The summed E-state index contributed by atoms with van der Waals surface area (Å²) >= 11 is 9.39. The van der Waals surface area contributed by atoms with Gasteiger partial charge in [-0.15, -0.1) is 0 Å². The fourth-order valence-electron chi connectivity index (χ4n) is 2.16. The molecule has 1 amide bonds. The molecule has 0 unspecified atom stereocenters. The standard InChI is InChI=1S/C15H11BrClN3O/c1-20-12-8-3-2-5-9(12)14(19-20)15(21)18-11-7-4-6-10(17)13(11)16/h2-8H,1H3,(H,18,21). The van der Waals surface area contributed by atoms with E-state index in [0.29, 0.717) is 20.9 Å². The second-order valence-electron chi connectivity index (χ2n) is 4.54. The minimum absolute atomic E-state index is 0.269. The summed E-state index contributed by atoms with van der Waals surface area (Å²) in [6.45, 7) is 0. The van der Waals surface area contributed by atoms with Crippen molar-refractivity contribution < 1.29 is 4.79 Å². The van der Waals surface area contributed by atoms with Gasteiger partial charge in [0.25, 0.3) is 5.91 Å². The second kappa shape index (κ2) is 5.50. The molecule has 3 rings (SSSR count). The molecule has 0 aliphatic rings. The number of hydrogen-bond donors (Lipinski definition) is 1. The van der Waals surface area contributed by atoms with E-state index in [0.717, 1.165) is 10.9 Å². The fraction of sp³-hybridized carbons (Fsp3) is 0.0667. The van der Waals surface area contributed by atoms with E-state index in [2.05, 4.69) is 26.3 Å². The van der Waals surface area contributed by atoms with Gasteiger partial charge < -0.3 is 5.32 Å². The van der Waals surface area contributed by atoms with Crippen LogP contribution >= 0.6 is 27.5 Å². The summed E-state index contributed by atoms with van der Waals surface area (Å²) in [5, 5.41) is 8.48. The van der Waals surface area contributed by atoms with Gasteiger partial charge in [-0.1, -0.05) is 35.9 Å². The zero-order chi connectivity index (χ0) is 15.0. The lowest BCUT2D eigenvalue weighted by Crippen LogP contribution is -2.13. The van der Waals surface area contributed by atoms with Crippen LogP contribution < -0.4 is 5.32 Å². The minimum atomic E-state index is -0.269. The largest absolute Gasteiger partial charge is 0.319 e. The number of carbonyl (C=O) groups excluding carboxylic acids is 1. The highest BCUT2D eigenvalue weighted by Gasteiger charge is 2.17. The van der Waals surface area contributed by atoms with Gasteiger partial charge in [-0.05, 0) is 34.1 Å². The van der Waals surface area contributed by atoms with E-state index in [-0.39, 0.29) is 5.91 Å². The lowest BCUT2D eigenvalue weighted by Gasteiger charge is -2.07. The van der Waals surface area contributed by atoms with E-state index in [1.807, 2.05) is 31.3 Å². The normalized spacial score (nSPS) is 10.8. The molecule has 4 nitrogen and oxygen atoms in total. The minimum Gasteiger partial charge on any atom is -0.319 e. The molecule has 0 atom stereocenters. The van der Waals surface area contributed by atoms with E-state index >= 15 is 0 Å². The van der Waals surface area contributed by atoms with Gasteiger partial charge in [0, 0.05) is 12.4 Å². The van der Waals surface area contributed by atoms with Crippen molar-refractivity contribution in [1.29, 1.82) is 0 Å². The Bertz CT molecular complexity index is 844. The molecule has 21 heavy (non-hydrogen) atoms. The molecule has 1 heterocycles. The molecular weight excluding hydrogens is 354 g/mol. The first-order chi connectivity index (χ1) is 10.1. The molecule has 2 aromatic carbocycles. The van der Waals surface area contributed by atoms with Gasteiger partial charge in [-0.25, -0.2) is 0 Å². The summed E-state index contributed by atoms with van der Waals surface area (Å²) in [5.41, 5.74) is 1.91. The summed E-state index contributed by atoms with van der Waals surface area (Å²) in [6, 6.07) is 12.9. The van der Waals surface area contributed by atoms with Crippen molar-refractivity contribution in [3.05, 3.63) is 57.7 Å². The first-order valence-electron chi connectivity index (χ1n) is 6.25. The first-order valence-corrected chi connectivity index (χ1v) is 7.42. The predicted molar refractivity (Wildman–Crippen MR) is 87.8 cm³/mol. The molecule has 0 radical (unpaired) electrons. The lowest BCUT2D eigenvalue weighted by molar-refractivity contribution is 0.102. The number of benzene rings is 2. The number of amides is 1. The van der Waals surface area contributed by atoms with Gasteiger partial charge >= 0.3 is 0 Å². The van der Waals surface area contributed by atoms with E-state index in [1.165, 1.54) is 0 Å². The van der Waals surface area contributed by atoms with Crippen molar-refractivity contribution in [2.75, 3.05) is 5.32 Å². The number of fused-ring (bicyclic) bond motifs is 1. The monoisotopic (exact) mass is 363 g/mol. The maximum atomic E-state index is 12.5. The number of nitrogens with one attached hydrogen (secondary N) is 1. The van der Waals surface area contributed by atoms with Crippen LogP contribution in [0.4, 0.5) is 5.69 Å². The third kappa shape index (κ3) is 2.54. The SMILES string of the molecule is Cn1nc(C(=O)Nc2cccc(Cl)c2Br)c2ccccc21. The first kappa shape index (κ1) is 14.1. The Morgan fingerprint density at radius 1 is 1.24 bits per heavy atom.